The second-order valence-electron chi connectivity index (χ2n) is 22.7. The topological polar surface area (TPSA) is 275 Å². The number of hydrogen-bond acceptors (Lipinski definition) is 17. The first-order valence-corrected chi connectivity index (χ1v) is 23.2. The van der Waals surface area contributed by atoms with Crippen LogP contribution in [0.15, 0.2) is 11.6 Å². The highest BCUT2D eigenvalue weighted by Gasteiger charge is 2.72. The van der Waals surface area contributed by atoms with E-state index in [4.69, 9.17) is 28.4 Å². The van der Waals surface area contributed by atoms with E-state index in [-0.39, 0.29) is 53.8 Å². The van der Waals surface area contributed by atoms with Gasteiger partial charge in [0.15, 0.2) is 12.6 Å². The molecular formula is C46H74O17. The third-order valence-corrected chi connectivity index (χ3v) is 18.5. The maximum absolute atomic E-state index is 14.6. The molecule has 360 valence electrons. The fraction of sp³-hybridized carbons (Fsp3) is 0.935. The fourth-order valence-corrected chi connectivity index (χ4v) is 14.5. The molecule has 17 nitrogen and oxygen atoms in total. The van der Waals surface area contributed by atoms with E-state index in [0.29, 0.717) is 32.1 Å². The van der Waals surface area contributed by atoms with Gasteiger partial charge < -0.3 is 79.5 Å². The summed E-state index contributed by atoms with van der Waals surface area (Å²) >= 11 is 0. The Morgan fingerprint density at radius 3 is 1.97 bits per heavy atom. The highest BCUT2D eigenvalue weighted by Crippen LogP contribution is 2.76. The molecule has 10 N–H and O–H groups in total. The molecule has 0 radical (unpaired) electrons. The van der Waals surface area contributed by atoms with Gasteiger partial charge in [0.2, 0.25) is 6.29 Å². The van der Waals surface area contributed by atoms with Crippen LogP contribution in [0.25, 0.3) is 0 Å². The molecule has 17 heteroatoms. The van der Waals surface area contributed by atoms with Crippen LogP contribution in [0.2, 0.25) is 0 Å². The van der Waals surface area contributed by atoms with Crippen LogP contribution in [0.3, 0.4) is 0 Å². The van der Waals surface area contributed by atoms with Gasteiger partial charge >= 0.3 is 5.97 Å². The minimum absolute atomic E-state index is 0.130. The van der Waals surface area contributed by atoms with Crippen molar-refractivity contribution >= 4 is 5.97 Å². The molecule has 3 saturated heterocycles. The van der Waals surface area contributed by atoms with Gasteiger partial charge in [0, 0.05) is 0 Å². The lowest BCUT2D eigenvalue weighted by Crippen LogP contribution is -2.68. The van der Waals surface area contributed by atoms with Crippen molar-refractivity contribution in [1.29, 1.82) is 0 Å². The van der Waals surface area contributed by atoms with Crippen LogP contribution in [0.5, 0.6) is 0 Å². The van der Waals surface area contributed by atoms with Gasteiger partial charge in [0.05, 0.1) is 32.0 Å². The first-order valence-electron chi connectivity index (χ1n) is 23.2. The Bertz CT molecular complexity index is 1730. The molecule has 0 spiro atoms. The van der Waals surface area contributed by atoms with Gasteiger partial charge in [-0.2, -0.15) is 0 Å². The number of esters is 1. The molecular weight excluding hydrogens is 824 g/mol. The second kappa shape index (κ2) is 16.7. The van der Waals surface area contributed by atoms with Crippen molar-refractivity contribution in [2.75, 3.05) is 19.8 Å². The summed E-state index contributed by atoms with van der Waals surface area (Å²) in [7, 11) is 0. The number of fused-ring (bicyclic) bond motifs is 7. The monoisotopic (exact) mass is 898 g/mol. The third-order valence-electron chi connectivity index (χ3n) is 18.5. The van der Waals surface area contributed by atoms with Crippen LogP contribution >= 0.6 is 0 Å². The fourth-order valence-electron chi connectivity index (χ4n) is 14.5. The van der Waals surface area contributed by atoms with Crippen LogP contribution in [-0.2, 0) is 33.2 Å². The minimum Gasteiger partial charge on any atom is -0.432 e. The number of aliphatic hydroxyl groups is 10. The molecule has 8 aliphatic rings. The van der Waals surface area contributed by atoms with E-state index in [1.165, 1.54) is 5.57 Å². The average Bonchev–Trinajstić information content (AvgIpc) is 3.21. The summed E-state index contributed by atoms with van der Waals surface area (Å²) in [6.07, 6.45) is -12.1. The van der Waals surface area contributed by atoms with E-state index in [1.807, 2.05) is 0 Å². The van der Waals surface area contributed by atoms with Crippen LogP contribution in [0.1, 0.15) is 106 Å². The Hall–Kier alpha value is -1.39. The van der Waals surface area contributed by atoms with Crippen molar-refractivity contribution in [2.24, 2.45) is 50.2 Å². The lowest BCUT2D eigenvalue weighted by Gasteiger charge is -2.71. The largest absolute Gasteiger partial charge is 0.432 e. The summed E-state index contributed by atoms with van der Waals surface area (Å²) in [5.74, 6) is -0.631. The molecule has 0 aromatic carbocycles. The molecule has 63 heavy (non-hydrogen) atoms. The van der Waals surface area contributed by atoms with Crippen molar-refractivity contribution in [3.63, 3.8) is 0 Å². The lowest BCUT2D eigenvalue weighted by molar-refractivity contribution is -0.340. The molecule has 0 bridgehead atoms. The summed E-state index contributed by atoms with van der Waals surface area (Å²) in [5, 5.41) is 107. The molecule has 5 aliphatic carbocycles. The summed E-state index contributed by atoms with van der Waals surface area (Å²) in [5.41, 5.74) is -1.61. The number of rotatable bonds is 7. The van der Waals surface area contributed by atoms with Gasteiger partial charge in [-0.1, -0.05) is 60.1 Å². The first kappa shape index (κ1) is 48.1. The van der Waals surface area contributed by atoms with Crippen molar-refractivity contribution < 1.29 is 84.3 Å². The molecule has 0 aromatic heterocycles. The Balaban J connectivity index is 1.01. The summed E-state index contributed by atoms with van der Waals surface area (Å²) in [6.45, 7) is 14.8. The molecule has 8 rings (SSSR count). The van der Waals surface area contributed by atoms with E-state index in [0.717, 1.165) is 25.7 Å². The van der Waals surface area contributed by atoms with Gasteiger partial charge in [0.1, 0.15) is 66.5 Å². The summed E-state index contributed by atoms with van der Waals surface area (Å²) in [4.78, 5) is 14.6. The van der Waals surface area contributed by atoms with E-state index < -0.39 is 114 Å². The number of ether oxygens (including phenoxy) is 6. The van der Waals surface area contributed by atoms with Gasteiger partial charge in [-0.25, -0.2) is 0 Å². The molecule has 3 aliphatic heterocycles. The molecule has 7 fully saturated rings. The predicted molar refractivity (Wildman–Crippen MR) is 220 cm³/mol. The van der Waals surface area contributed by atoms with Crippen molar-refractivity contribution in [3.8, 4) is 0 Å². The summed E-state index contributed by atoms with van der Waals surface area (Å²) < 4.78 is 35.0. The van der Waals surface area contributed by atoms with Gasteiger partial charge in [-0.05, 0) is 103 Å². The SMILES string of the molecule is CC1(C)CCC2(C(=O)OC3OCC(O)C(O)C3O)C(O)CC3(C)C(=CCC4C5(C)CCC(OC6OC(COC7OCC(O)C(O)C7O)C(O)C(O)C6O)C(C)(C)C5CCC43C)C2C1. The molecule has 22 unspecified atom stereocenters. The normalized spacial score (nSPS) is 54.1. The van der Waals surface area contributed by atoms with Gasteiger partial charge in [0.25, 0.3) is 0 Å². The van der Waals surface area contributed by atoms with Crippen molar-refractivity contribution in [1.82, 2.24) is 0 Å². The second-order valence-corrected chi connectivity index (χ2v) is 22.7. The molecule has 0 aromatic rings. The third kappa shape index (κ3) is 7.50. The zero-order chi connectivity index (χ0) is 46.0. The Morgan fingerprint density at radius 1 is 0.683 bits per heavy atom. The number of aliphatic hydroxyl groups excluding tert-OH is 10. The standard InChI is InChI=1S/C46H74O17/c1-41(2)14-15-46(40(57)63-38-35(55)31(51)24(48)19-59-38)22(16-41)21-8-9-27-43(5)12-11-29(42(3,4)26(43)10-13-44(27,6)45(21,7)17-28(46)49)62-39-36(56)33(53)32(52)25(61-39)20-60-37-34(54)30(50)23(47)18-58-37/h8,22-39,47-56H,9-20H2,1-7H3. The maximum Gasteiger partial charge on any atom is 0.317 e. The number of carbonyl (C=O) groups excluding carboxylic acids is 1. The van der Waals surface area contributed by atoms with Crippen molar-refractivity contribution in [3.05, 3.63) is 11.6 Å². The number of carbonyl (C=O) groups is 1. The lowest BCUT2D eigenvalue weighted by atomic mass is 9.33. The zero-order valence-electron chi connectivity index (χ0n) is 37.8. The van der Waals surface area contributed by atoms with Crippen LogP contribution in [0, 0.1) is 50.2 Å². The van der Waals surface area contributed by atoms with E-state index in [9.17, 15) is 55.9 Å². The van der Waals surface area contributed by atoms with Crippen LogP contribution in [-0.4, -0.2) is 169 Å². The molecule has 3 heterocycles. The average molecular weight is 899 g/mol. The Kier molecular flexibility index (Phi) is 12.7. The maximum atomic E-state index is 14.6. The Morgan fingerprint density at radius 2 is 1.30 bits per heavy atom. The Labute approximate surface area is 369 Å². The summed E-state index contributed by atoms with van der Waals surface area (Å²) in [6, 6.07) is 0. The number of hydrogen-bond donors (Lipinski definition) is 10. The zero-order valence-corrected chi connectivity index (χ0v) is 37.8. The minimum atomic E-state index is -1.64. The molecule has 22 atom stereocenters. The number of allylic oxidation sites excluding steroid dienone is 2. The smallest absolute Gasteiger partial charge is 0.317 e. The van der Waals surface area contributed by atoms with E-state index in [2.05, 4.69) is 54.5 Å². The highest BCUT2D eigenvalue weighted by atomic mass is 16.7. The van der Waals surface area contributed by atoms with Crippen LogP contribution < -0.4 is 0 Å². The quantitative estimate of drug-likeness (QED) is 0.0941. The molecule has 4 saturated carbocycles. The van der Waals surface area contributed by atoms with Crippen LogP contribution in [0.4, 0.5) is 0 Å². The van der Waals surface area contributed by atoms with Gasteiger partial charge in [-0.15, -0.1) is 0 Å². The molecule has 0 amide bonds. The van der Waals surface area contributed by atoms with E-state index in [1.54, 1.807) is 0 Å². The van der Waals surface area contributed by atoms with E-state index >= 15 is 0 Å². The van der Waals surface area contributed by atoms with Gasteiger partial charge in [-0.3, -0.25) is 4.79 Å². The highest BCUT2D eigenvalue weighted by molar-refractivity contribution is 5.80. The first-order chi connectivity index (χ1) is 29.3. The predicted octanol–water partition coefficient (Wildman–Crippen LogP) is 0.390. The van der Waals surface area contributed by atoms with Crippen molar-refractivity contribution in [2.45, 2.75) is 198 Å².